The number of sulfonamides is 1. The fourth-order valence-electron chi connectivity index (χ4n) is 4.16. The van der Waals surface area contributed by atoms with Gasteiger partial charge in [-0.2, -0.15) is 0 Å². The summed E-state index contributed by atoms with van der Waals surface area (Å²) in [5.74, 6) is -0.175. The van der Waals surface area contributed by atoms with E-state index in [-0.39, 0.29) is 11.4 Å². The number of rotatable bonds is 9. The average molecular weight is 581 g/mol. The van der Waals surface area contributed by atoms with Crippen LogP contribution in [0.3, 0.4) is 0 Å². The zero-order valence-electron chi connectivity index (χ0n) is 21.7. The van der Waals surface area contributed by atoms with Crippen molar-refractivity contribution in [1.29, 1.82) is 0 Å². The van der Waals surface area contributed by atoms with Crippen molar-refractivity contribution in [2.45, 2.75) is 19.8 Å². The summed E-state index contributed by atoms with van der Waals surface area (Å²) in [4.78, 5) is 20.1. The number of anilines is 1. The average Bonchev–Trinajstić information content (AvgIpc) is 2.87. The van der Waals surface area contributed by atoms with Gasteiger partial charge in [0.15, 0.2) is 11.5 Å². The summed E-state index contributed by atoms with van der Waals surface area (Å²) >= 11 is 0. The zero-order chi connectivity index (χ0) is 28.9. The molecule has 3 heterocycles. The molecule has 0 aliphatic carbocycles. The number of hydrogen-bond donors (Lipinski definition) is 1. The Morgan fingerprint density at radius 3 is 2.35 bits per heavy atom. The van der Waals surface area contributed by atoms with Crippen molar-refractivity contribution in [3.63, 3.8) is 0 Å². The summed E-state index contributed by atoms with van der Waals surface area (Å²) in [6.45, 7) is 4.89. The summed E-state index contributed by atoms with van der Waals surface area (Å²) in [5.41, 5.74) is 1.61. The van der Waals surface area contributed by atoms with E-state index in [2.05, 4.69) is 24.8 Å². The topological polar surface area (TPSA) is 127 Å². The number of nitrogens with zero attached hydrogens (tertiary/aromatic N) is 5. The van der Waals surface area contributed by atoms with Crippen LogP contribution in [0.1, 0.15) is 23.0 Å². The highest BCUT2D eigenvalue weighted by Crippen LogP contribution is 2.31. The number of pyridine rings is 1. The molecule has 0 spiro atoms. The van der Waals surface area contributed by atoms with Crippen LogP contribution in [-0.4, -0.2) is 79.8 Å². The van der Waals surface area contributed by atoms with Gasteiger partial charge < -0.3 is 14.4 Å². The van der Waals surface area contributed by atoms with E-state index >= 15 is 0 Å². The third-order valence-corrected chi connectivity index (χ3v) is 6.38. The summed E-state index contributed by atoms with van der Waals surface area (Å²) in [6.07, 6.45) is -0.889. The van der Waals surface area contributed by atoms with Gasteiger partial charge in [0, 0.05) is 44.5 Å². The van der Waals surface area contributed by atoms with Crippen molar-refractivity contribution in [3.8, 4) is 22.6 Å². The number of ether oxygens (including phenoxy) is 2. The Morgan fingerprint density at radius 1 is 1.00 bits per heavy atom. The minimum absolute atomic E-state index is 0.133. The first-order chi connectivity index (χ1) is 18.9. The largest absolute Gasteiger partial charge is 0.573 e. The van der Waals surface area contributed by atoms with E-state index in [1.165, 1.54) is 24.4 Å². The fourth-order valence-corrected chi connectivity index (χ4v) is 4.60. The third-order valence-electron chi connectivity index (χ3n) is 5.82. The Labute approximate surface area is 229 Å². The van der Waals surface area contributed by atoms with Crippen LogP contribution in [0.5, 0.6) is 11.5 Å². The Hall–Kier alpha value is -3.98. The summed E-state index contributed by atoms with van der Waals surface area (Å²) < 4.78 is 73.2. The number of carbonyl (C=O) groups excluding carboxylic acids is 1. The molecule has 3 aromatic rings. The molecule has 1 saturated heterocycles. The quantitative estimate of drug-likeness (QED) is 0.404. The van der Waals surface area contributed by atoms with E-state index in [1.54, 1.807) is 24.4 Å². The number of aromatic nitrogens is 3. The monoisotopic (exact) mass is 580 g/mol. The molecule has 214 valence electrons. The Balaban J connectivity index is 1.44. The maximum atomic E-state index is 13.0. The van der Waals surface area contributed by atoms with E-state index in [1.807, 2.05) is 16.5 Å². The predicted molar refractivity (Wildman–Crippen MR) is 139 cm³/mol. The molecule has 0 bridgehead atoms. The highest BCUT2D eigenvalue weighted by Gasteiger charge is 2.31. The maximum absolute atomic E-state index is 13.0. The van der Waals surface area contributed by atoms with E-state index in [0.717, 1.165) is 6.26 Å². The first kappa shape index (κ1) is 29.0. The van der Waals surface area contributed by atoms with Gasteiger partial charge in [0.2, 0.25) is 10.0 Å². The molecule has 1 fully saturated rings. The molecule has 1 amide bonds. The molecule has 1 aliphatic rings. The minimum Gasteiger partial charge on any atom is -0.492 e. The summed E-state index contributed by atoms with van der Waals surface area (Å²) in [7, 11) is -3.72. The van der Waals surface area contributed by atoms with Gasteiger partial charge in [-0.15, -0.1) is 23.4 Å². The molecule has 15 heteroatoms. The molecule has 2 aromatic heterocycles. The van der Waals surface area contributed by atoms with Crippen molar-refractivity contribution >= 4 is 21.7 Å². The first-order valence-corrected chi connectivity index (χ1v) is 14.1. The number of piperazine rings is 1. The van der Waals surface area contributed by atoms with Crippen molar-refractivity contribution in [2.75, 3.05) is 43.9 Å². The van der Waals surface area contributed by atoms with Crippen molar-refractivity contribution < 1.29 is 35.9 Å². The van der Waals surface area contributed by atoms with Gasteiger partial charge in [0.1, 0.15) is 11.5 Å². The van der Waals surface area contributed by atoms with E-state index < -0.39 is 22.3 Å². The lowest BCUT2D eigenvalue weighted by atomic mass is 10.0. The molecule has 11 nitrogen and oxygen atoms in total. The lowest BCUT2D eigenvalue weighted by Gasteiger charge is -2.35. The van der Waals surface area contributed by atoms with Gasteiger partial charge in [-0.05, 0) is 54.4 Å². The summed E-state index contributed by atoms with van der Waals surface area (Å²) in [5, 5.41) is 7.85. The molecule has 1 N–H and O–H groups in total. The van der Waals surface area contributed by atoms with Crippen LogP contribution in [-0.2, 0) is 16.6 Å². The van der Waals surface area contributed by atoms with Crippen LogP contribution >= 0.6 is 0 Å². The normalized spacial score (nSPS) is 14.6. The number of nitrogens with one attached hydrogen (secondary N) is 1. The van der Waals surface area contributed by atoms with Crippen LogP contribution in [0.4, 0.5) is 19.0 Å². The highest BCUT2D eigenvalue weighted by molar-refractivity contribution is 7.89. The van der Waals surface area contributed by atoms with E-state index in [4.69, 9.17) is 4.74 Å². The summed E-state index contributed by atoms with van der Waals surface area (Å²) in [6, 6.07) is 9.17. The number of benzene rings is 1. The fraction of sp³-hybridized carbons (Fsp3) is 0.360. The molecule has 0 saturated carbocycles. The Morgan fingerprint density at radius 2 is 1.73 bits per heavy atom. The van der Waals surface area contributed by atoms with Gasteiger partial charge >= 0.3 is 6.36 Å². The molecule has 40 heavy (non-hydrogen) atoms. The van der Waals surface area contributed by atoms with Crippen LogP contribution < -0.4 is 19.1 Å². The second kappa shape index (κ2) is 12.0. The van der Waals surface area contributed by atoms with E-state index in [0.29, 0.717) is 67.6 Å². The molecule has 1 aromatic carbocycles. The van der Waals surface area contributed by atoms with Gasteiger partial charge in [-0.1, -0.05) is 0 Å². The number of hydrogen-bond acceptors (Lipinski definition) is 10. The third kappa shape index (κ3) is 8.26. The van der Waals surface area contributed by atoms with Crippen LogP contribution in [0, 0.1) is 0 Å². The van der Waals surface area contributed by atoms with Gasteiger partial charge in [-0.3, -0.25) is 14.7 Å². The molecule has 0 atom stereocenters. The Kier molecular flexibility index (Phi) is 8.73. The number of halogens is 3. The molecule has 4 rings (SSSR count). The highest BCUT2D eigenvalue weighted by atomic mass is 32.2. The number of amides is 1. The van der Waals surface area contributed by atoms with Gasteiger partial charge in [-0.25, -0.2) is 13.1 Å². The number of carbonyl (C=O) groups is 1. The van der Waals surface area contributed by atoms with Crippen molar-refractivity contribution in [1.82, 2.24) is 24.8 Å². The predicted octanol–water partition coefficient (Wildman–Crippen LogP) is 2.85. The van der Waals surface area contributed by atoms with Crippen LogP contribution in [0.25, 0.3) is 11.1 Å². The smallest absolute Gasteiger partial charge is 0.492 e. The second-order valence-electron chi connectivity index (χ2n) is 9.00. The molecular formula is C25H27F3N6O5S. The molecular weight excluding hydrogens is 553 g/mol. The first-order valence-electron chi connectivity index (χ1n) is 12.2. The maximum Gasteiger partial charge on any atom is 0.573 e. The zero-order valence-corrected chi connectivity index (χ0v) is 22.5. The molecule has 1 aliphatic heterocycles. The molecule has 0 unspecified atom stereocenters. The van der Waals surface area contributed by atoms with Gasteiger partial charge in [0.25, 0.3) is 5.91 Å². The SMILES string of the molecule is CCOc1cncc(-c2cc(CN3CCN(c4ccc(C(=O)NS(C)(=O)=O)nn4)CC3)cc(OC(F)(F)F)c2)c1. The second-order valence-corrected chi connectivity index (χ2v) is 10.7. The number of alkyl halides is 3. The van der Waals surface area contributed by atoms with Crippen LogP contribution in [0.15, 0.2) is 48.8 Å². The van der Waals surface area contributed by atoms with E-state index in [9.17, 15) is 26.4 Å². The van der Waals surface area contributed by atoms with Crippen molar-refractivity contribution in [3.05, 3.63) is 60.0 Å². The van der Waals surface area contributed by atoms with Gasteiger partial charge in [0.05, 0.1) is 19.1 Å². The molecule has 0 radical (unpaired) electrons. The standard InChI is InChI=1S/C25H27F3N6O5S/c1-3-38-21-13-19(14-29-15-21)18-10-17(11-20(12-18)39-25(26,27)28)16-33-6-8-34(9-7-33)23-5-4-22(30-31-23)24(35)32-40(2,36)37/h4-5,10-15H,3,6-9,16H2,1-2H3,(H,32,35). The lowest BCUT2D eigenvalue weighted by Crippen LogP contribution is -2.46. The minimum atomic E-state index is -4.84. The lowest BCUT2D eigenvalue weighted by molar-refractivity contribution is -0.274. The van der Waals surface area contributed by atoms with Crippen molar-refractivity contribution in [2.24, 2.45) is 0 Å². The van der Waals surface area contributed by atoms with Crippen LogP contribution in [0.2, 0.25) is 0 Å². The Bertz CT molecular complexity index is 1450.